The second kappa shape index (κ2) is 7.34. The Labute approximate surface area is 144 Å². The molecule has 25 heavy (non-hydrogen) atoms. The van der Waals surface area contributed by atoms with Crippen molar-refractivity contribution in [2.45, 2.75) is 12.0 Å². The summed E-state index contributed by atoms with van der Waals surface area (Å²) in [6, 6.07) is 14.5. The summed E-state index contributed by atoms with van der Waals surface area (Å²) in [7, 11) is 1.13. The van der Waals surface area contributed by atoms with Crippen molar-refractivity contribution in [2.24, 2.45) is 0 Å². The third kappa shape index (κ3) is 3.33. The number of fused-ring (bicyclic) bond motifs is 3. The Morgan fingerprint density at radius 2 is 1.64 bits per heavy atom. The second-order valence-electron chi connectivity index (χ2n) is 5.70. The summed E-state index contributed by atoms with van der Waals surface area (Å²) in [6.45, 7) is -0.961. The number of rotatable bonds is 5. The molecule has 1 amide bonds. The van der Waals surface area contributed by atoms with Gasteiger partial charge >= 0.3 is 12.1 Å². The van der Waals surface area contributed by atoms with Crippen LogP contribution in [0.3, 0.4) is 0 Å². The Bertz CT molecular complexity index is 747. The lowest BCUT2D eigenvalue weighted by Crippen LogP contribution is -2.43. The van der Waals surface area contributed by atoms with Crippen molar-refractivity contribution in [3.63, 3.8) is 0 Å². The van der Waals surface area contributed by atoms with E-state index in [1.54, 1.807) is 0 Å². The summed E-state index contributed by atoms with van der Waals surface area (Å²) in [5.41, 5.74) is 4.38. The van der Waals surface area contributed by atoms with Crippen LogP contribution >= 0.6 is 0 Å². The largest absolute Gasteiger partial charge is 0.467 e. The number of hydrogen-bond donors (Lipinski definition) is 1. The number of carbonyl (C=O) groups is 2. The molecule has 2 aromatic rings. The van der Waals surface area contributed by atoms with Crippen LogP contribution in [0.5, 0.6) is 0 Å². The highest BCUT2D eigenvalue weighted by molar-refractivity contribution is 5.82. The number of alkyl carbamates (subject to hydrolysis) is 1. The van der Waals surface area contributed by atoms with Crippen molar-refractivity contribution in [3.05, 3.63) is 59.7 Å². The summed E-state index contributed by atoms with van der Waals surface area (Å²) in [5, 5.41) is 2.18. The molecule has 0 spiro atoms. The SMILES string of the molecule is COC(=O)[C@H](CF)NC(=O)OCC1c2ccccc2-c2ccccc21. The van der Waals surface area contributed by atoms with Crippen LogP contribution < -0.4 is 5.32 Å². The average Bonchev–Trinajstić information content (AvgIpc) is 2.98. The highest BCUT2D eigenvalue weighted by Gasteiger charge is 2.29. The molecule has 0 fully saturated rings. The first-order chi connectivity index (χ1) is 12.2. The summed E-state index contributed by atoms with van der Waals surface area (Å²) in [5.74, 6) is -0.948. The van der Waals surface area contributed by atoms with E-state index in [9.17, 15) is 14.0 Å². The van der Waals surface area contributed by atoms with Gasteiger partial charge < -0.3 is 14.8 Å². The molecule has 3 rings (SSSR count). The molecular formula is C19H18FNO4. The van der Waals surface area contributed by atoms with E-state index in [0.29, 0.717) is 0 Å². The maximum absolute atomic E-state index is 12.8. The minimum absolute atomic E-state index is 0.0971. The van der Waals surface area contributed by atoms with Crippen LogP contribution in [-0.4, -0.2) is 38.5 Å². The molecular weight excluding hydrogens is 325 g/mol. The molecule has 1 aliphatic rings. The molecule has 130 valence electrons. The van der Waals surface area contributed by atoms with E-state index >= 15 is 0 Å². The molecule has 2 aromatic carbocycles. The number of alkyl halides is 1. The summed E-state index contributed by atoms with van der Waals surface area (Å²) >= 11 is 0. The number of amides is 1. The van der Waals surface area contributed by atoms with E-state index in [1.807, 2.05) is 48.5 Å². The highest BCUT2D eigenvalue weighted by atomic mass is 19.1. The van der Waals surface area contributed by atoms with E-state index in [1.165, 1.54) is 0 Å². The van der Waals surface area contributed by atoms with E-state index in [-0.39, 0.29) is 12.5 Å². The lowest BCUT2D eigenvalue weighted by atomic mass is 9.98. The zero-order valence-corrected chi connectivity index (χ0v) is 13.7. The van der Waals surface area contributed by atoms with E-state index in [2.05, 4.69) is 10.1 Å². The van der Waals surface area contributed by atoms with Gasteiger partial charge in [-0.1, -0.05) is 48.5 Å². The molecule has 0 aliphatic heterocycles. The fraction of sp³-hybridized carbons (Fsp3) is 0.263. The van der Waals surface area contributed by atoms with Crippen LogP contribution in [0.15, 0.2) is 48.5 Å². The lowest BCUT2D eigenvalue weighted by Gasteiger charge is -2.16. The molecule has 0 saturated heterocycles. The van der Waals surface area contributed by atoms with Crippen molar-refractivity contribution >= 4 is 12.1 Å². The number of halogens is 1. The lowest BCUT2D eigenvalue weighted by molar-refractivity contribution is -0.143. The van der Waals surface area contributed by atoms with Crippen molar-refractivity contribution in [1.29, 1.82) is 0 Å². The first-order valence-electron chi connectivity index (χ1n) is 7.91. The quantitative estimate of drug-likeness (QED) is 0.848. The minimum atomic E-state index is -1.36. The second-order valence-corrected chi connectivity index (χ2v) is 5.70. The van der Waals surface area contributed by atoms with Gasteiger partial charge in [0, 0.05) is 5.92 Å². The number of nitrogens with one attached hydrogen (secondary N) is 1. The first kappa shape index (κ1) is 17.0. The Hall–Kier alpha value is -2.89. The monoisotopic (exact) mass is 343 g/mol. The maximum atomic E-state index is 12.8. The van der Waals surface area contributed by atoms with Gasteiger partial charge in [-0.05, 0) is 22.3 Å². The molecule has 0 heterocycles. The third-order valence-corrected chi connectivity index (χ3v) is 4.28. The molecule has 0 aromatic heterocycles. The zero-order valence-electron chi connectivity index (χ0n) is 13.7. The van der Waals surface area contributed by atoms with Crippen LogP contribution in [0, 0.1) is 0 Å². The Morgan fingerprint density at radius 1 is 1.08 bits per heavy atom. The van der Waals surface area contributed by atoms with Gasteiger partial charge in [0.05, 0.1) is 7.11 Å². The number of methoxy groups -OCH3 is 1. The van der Waals surface area contributed by atoms with Crippen molar-refractivity contribution in [2.75, 3.05) is 20.4 Å². The molecule has 1 aliphatic carbocycles. The zero-order chi connectivity index (χ0) is 17.8. The van der Waals surface area contributed by atoms with Gasteiger partial charge in [-0.3, -0.25) is 0 Å². The molecule has 1 N–H and O–H groups in total. The standard InChI is InChI=1S/C19H18FNO4/c1-24-18(22)17(10-20)21-19(23)25-11-16-14-8-4-2-6-12(14)13-7-3-5-9-15(13)16/h2-9,16-17H,10-11H2,1H3,(H,21,23)/t17-/m0/s1. The molecule has 1 atom stereocenters. The number of esters is 1. The Balaban J connectivity index is 1.71. The fourth-order valence-electron chi connectivity index (χ4n) is 3.09. The average molecular weight is 343 g/mol. The van der Waals surface area contributed by atoms with Crippen molar-refractivity contribution in [3.8, 4) is 11.1 Å². The molecule has 0 unspecified atom stereocenters. The fourth-order valence-corrected chi connectivity index (χ4v) is 3.09. The predicted molar refractivity (Wildman–Crippen MR) is 90.0 cm³/mol. The van der Waals surface area contributed by atoms with Crippen LogP contribution in [-0.2, 0) is 14.3 Å². The van der Waals surface area contributed by atoms with Gasteiger partial charge in [0.2, 0.25) is 0 Å². The van der Waals surface area contributed by atoms with Gasteiger partial charge in [0.1, 0.15) is 13.3 Å². The molecule has 6 heteroatoms. The topological polar surface area (TPSA) is 64.6 Å². The van der Waals surface area contributed by atoms with Gasteiger partial charge in [-0.2, -0.15) is 0 Å². The number of ether oxygens (including phenoxy) is 2. The molecule has 0 saturated carbocycles. The summed E-state index contributed by atoms with van der Waals surface area (Å²) < 4.78 is 22.5. The summed E-state index contributed by atoms with van der Waals surface area (Å²) in [6.07, 6.45) is -0.852. The van der Waals surface area contributed by atoms with Crippen LogP contribution in [0.4, 0.5) is 9.18 Å². The predicted octanol–water partition coefficient (Wildman–Crippen LogP) is 3.04. The minimum Gasteiger partial charge on any atom is -0.467 e. The number of hydrogen-bond acceptors (Lipinski definition) is 4. The van der Waals surface area contributed by atoms with E-state index in [4.69, 9.17) is 4.74 Å². The molecule has 0 bridgehead atoms. The third-order valence-electron chi connectivity index (χ3n) is 4.28. The number of carbonyl (C=O) groups excluding carboxylic acids is 2. The van der Waals surface area contributed by atoms with Gasteiger partial charge in [-0.25, -0.2) is 14.0 Å². The van der Waals surface area contributed by atoms with Crippen LogP contribution in [0.25, 0.3) is 11.1 Å². The van der Waals surface area contributed by atoms with E-state index < -0.39 is 24.8 Å². The van der Waals surface area contributed by atoms with Crippen molar-refractivity contribution in [1.82, 2.24) is 5.32 Å². The van der Waals surface area contributed by atoms with Crippen LogP contribution in [0.1, 0.15) is 17.0 Å². The summed E-state index contributed by atoms with van der Waals surface area (Å²) in [4.78, 5) is 23.2. The first-order valence-corrected chi connectivity index (χ1v) is 7.91. The maximum Gasteiger partial charge on any atom is 0.407 e. The van der Waals surface area contributed by atoms with Gasteiger partial charge in [0.15, 0.2) is 6.04 Å². The molecule has 0 radical (unpaired) electrons. The normalized spacial score (nSPS) is 13.5. The van der Waals surface area contributed by atoms with Gasteiger partial charge in [-0.15, -0.1) is 0 Å². The molecule has 5 nitrogen and oxygen atoms in total. The highest BCUT2D eigenvalue weighted by Crippen LogP contribution is 2.44. The van der Waals surface area contributed by atoms with E-state index in [0.717, 1.165) is 29.4 Å². The Morgan fingerprint density at radius 3 is 2.16 bits per heavy atom. The van der Waals surface area contributed by atoms with Crippen LogP contribution in [0.2, 0.25) is 0 Å². The Kier molecular flexibility index (Phi) is 4.97. The number of benzene rings is 2. The smallest absolute Gasteiger partial charge is 0.407 e. The van der Waals surface area contributed by atoms with Gasteiger partial charge in [0.25, 0.3) is 0 Å². The van der Waals surface area contributed by atoms with Crippen molar-refractivity contribution < 1.29 is 23.5 Å².